The predicted octanol–water partition coefficient (Wildman–Crippen LogP) is 4.65. The number of allylic oxidation sites excluding steroid dienone is 1. The Balaban J connectivity index is 2.28. The number of rotatable bonds is 3. The van der Waals surface area contributed by atoms with E-state index in [1.54, 1.807) is 17.8 Å². The van der Waals surface area contributed by atoms with Crippen LogP contribution in [0.5, 0.6) is 0 Å². The van der Waals surface area contributed by atoms with Crippen molar-refractivity contribution >= 4 is 16.7 Å². The lowest BCUT2D eigenvalue weighted by atomic mass is 10.1. The first kappa shape index (κ1) is 12.5. The Morgan fingerprint density at radius 3 is 2.33 bits per heavy atom. The molecule has 0 aliphatic rings. The minimum Gasteiger partial charge on any atom is -0.193 e. The zero-order valence-corrected chi connectivity index (χ0v) is 10.9. The SMILES string of the molecule is Cc1ccc(/C(=C/C#N)Sc2ccccc2)cc1. The second-order valence-electron chi connectivity index (χ2n) is 3.92. The van der Waals surface area contributed by atoms with E-state index in [-0.39, 0.29) is 0 Å². The molecule has 0 amide bonds. The maximum Gasteiger partial charge on any atom is 0.0924 e. The standard InChI is InChI=1S/C16H13NS/c1-13-7-9-14(10-8-13)16(11-12-17)18-15-5-3-2-4-6-15/h2-11H,1H3/b16-11-. The van der Waals surface area contributed by atoms with Crippen LogP contribution in [0, 0.1) is 18.3 Å². The van der Waals surface area contributed by atoms with Crippen molar-refractivity contribution in [3.05, 3.63) is 71.8 Å². The van der Waals surface area contributed by atoms with Gasteiger partial charge in [0.1, 0.15) is 0 Å². The van der Waals surface area contributed by atoms with Crippen LogP contribution in [0.1, 0.15) is 11.1 Å². The number of aryl methyl sites for hydroxylation is 1. The number of hydrogen-bond donors (Lipinski definition) is 0. The molecule has 2 aromatic carbocycles. The van der Waals surface area contributed by atoms with Gasteiger partial charge in [-0.2, -0.15) is 5.26 Å². The minimum atomic E-state index is 0.976. The molecule has 0 radical (unpaired) electrons. The van der Waals surface area contributed by atoms with Gasteiger partial charge < -0.3 is 0 Å². The molecule has 0 aliphatic carbocycles. The van der Waals surface area contributed by atoms with E-state index in [0.29, 0.717) is 0 Å². The maximum absolute atomic E-state index is 8.89. The fraction of sp³-hybridized carbons (Fsp3) is 0.0625. The smallest absolute Gasteiger partial charge is 0.0924 e. The molecule has 0 aliphatic heterocycles. The average molecular weight is 251 g/mol. The summed E-state index contributed by atoms with van der Waals surface area (Å²) in [6, 6.07) is 20.4. The molecule has 2 heteroatoms. The molecule has 2 aromatic rings. The Hall–Kier alpha value is -1.98. The fourth-order valence-corrected chi connectivity index (χ4v) is 2.48. The summed E-state index contributed by atoms with van der Waals surface area (Å²) in [5, 5.41) is 8.89. The summed E-state index contributed by atoms with van der Waals surface area (Å²) in [4.78, 5) is 2.11. The summed E-state index contributed by atoms with van der Waals surface area (Å²) >= 11 is 1.61. The molecule has 88 valence electrons. The van der Waals surface area contributed by atoms with Gasteiger partial charge in [0.2, 0.25) is 0 Å². The third-order valence-corrected chi connectivity index (χ3v) is 3.58. The molecule has 0 heterocycles. The van der Waals surface area contributed by atoms with Crippen molar-refractivity contribution < 1.29 is 0 Å². The normalized spacial score (nSPS) is 11.0. The molecule has 0 N–H and O–H groups in total. The van der Waals surface area contributed by atoms with Gasteiger partial charge in [-0.1, -0.05) is 59.8 Å². The lowest BCUT2D eigenvalue weighted by molar-refractivity contribution is 1.45. The van der Waals surface area contributed by atoms with Crippen LogP contribution in [0.15, 0.2) is 65.6 Å². The molecule has 0 bridgehead atoms. The second kappa shape index (κ2) is 6.09. The molecule has 0 atom stereocenters. The molecular weight excluding hydrogens is 238 g/mol. The Bertz CT molecular complexity index is 577. The van der Waals surface area contributed by atoms with Gasteiger partial charge in [-0.15, -0.1) is 0 Å². The van der Waals surface area contributed by atoms with Crippen LogP contribution in [-0.2, 0) is 0 Å². The lowest BCUT2D eigenvalue weighted by Crippen LogP contribution is -1.81. The van der Waals surface area contributed by atoms with Gasteiger partial charge in [0.15, 0.2) is 0 Å². The van der Waals surface area contributed by atoms with E-state index in [1.807, 2.05) is 30.3 Å². The van der Waals surface area contributed by atoms with E-state index in [0.717, 1.165) is 15.4 Å². The van der Waals surface area contributed by atoms with Crippen LogP contribution in [-0.4, -0.2) is 0 Å². The molecule has 0 unspecified atom stereocenters. The fourth-order valence-electron chi connectivity index (χ4n) is 1.56. The first-order valence-electron chi connectivity index (χ1n) is 5.69. The zero-order chi connectivity index (χ0) is 12.8. The van der Waals surface area contributed by atoms with Crippen LogP contribution < -0.4 is 0 Å². The average Bonchev–Trinajstić information content (AvgIpc) is 2.40. The zero-order valence-electron chi connectivity index (χ0n) is 10.1. The van der Waals surface area contributed by atoms with Crippen molar-refractivity contribution in [1.29, 1.82) is 5.26 Å². The van der Waals surface area contributed by atoms with Gasteiger partial charge in [0.25, 0.3) is 0 Å². The molecule has 0 spiro atoms. The maximum atomic E-state index is 8.89. The quantitative estimate of drug-likeness (QED) is 0.585. The Kier molecular flexibility index (Phi) is 4.22. The van der Waals surface area contributed by atoms with Crippen molar-refractivity contribution in [1.82, 2.24) is 0 Å². The topological polar surface area (TPSA) is 23.8 Å². The van der Waals surface area contributed by atoms with Crippen LogP contribution >= 0.6 is 11.8 Å². The molecule has 0 saturated heterocycles. The van der Waals surface area contributed by atoms with Crippen LogP contribution in [0.25, 0.3) is 4.91 Å². The van der Waals surface area contributed by atoms with Gasteiger partial charge in [0.05, 0.1) is 6.07 Å². The van der Waals surface area contributed by atoms with Crippen molar-refractivity contribution in [2.75, 3.05) is 0 Å². The number of nitrogens with zero attached hydrogens (tertiary/aromatic N) is 1. The highest BCUT2D eigenvalue weighted by molar-refractivity contribution is 8.08. The minimum absolute atomic E-state index is 0.976. The number of thioether (sulfide) groups is 1. The van der Waals surface area contributed by atoms with Crippen molar-refractivity contribution in [2.45, 2.75) is 11.8 Å². The summed E-state index contributed by atoms with van der Waals surface area (Å²) in [7, 11) is 0. The first-order chi connectivity index (χ1) is 8.79. The van der Waals surface area contributed by atoms with Gasteiger partial charge in [-0.05, 0) is 24.6 Å². The van der Waals surface area contributed by atoms with E-state index in [1.165, 1.54) is 5.56 Å². The predicted molar refractivity (Wildman–Crippen MR) is 77.1 cm³/mol. The number of hydrogen-bond acceptors (Lipinski definition) is 2. The van der Waals surface area contributed by atoms with E-state index in [9.17, 15) is 0 Å². The van der Waals surface area contributed by atoms with E-state index >= 15 is 0 Å². The van der Waals surface area contributed by atoms with E-state index in [2.05, 4.69) is 37.3 Å². The highest BCUT2D eigenvalue weighted by Crippen LogP contribution is 2.33. The van der Waals surface area contributed by atoms with Crippen LogP contribution in [0.4, 0.5) is 0 Å². The highest BCUT2D eigenvalue weighted by Gasteiger charge is 2.03. The molecule has 2 rings (SSSR count). The Morgan fingerprint density at radius 2 is 1.72 bits per heavy atom. The van der Waals surface area contributed by atoms with E-state index in [4.69, 9.17) is 5.26 Å². The van der Waals surface area contributed by atoms with Crippen molar-refractivity contribution in [3.8, 4) is 6.07 Å². The third-order valence-electron chi connectivity index (χ3n) is 2.50. The van der Waals surface area contributed by atoms with Gasteiger partial charge in [0, 0.05) is 15.9 Å². The van der Waals surface area contributed by atoms with Gasteiger partial charge in [-0.3, -0.25) is 0 Å². The first-order valence-corrected chi connectivity index (χ1v) is 6.51. The third kappa shape index (κ3) is 3.26. The van der Waals surface area contributed by atoms with E-state index < -0.39 is 0 Å². The Labute approximate surface area is 112 Å². The number of nitriles is 1. The summed E-state index contributed by atoms with van der Waals surface area (Å²) in [6.07, 6.45) is 1.60. The highest BCUT2D eigenvalue weighted by atomic mass is 32.2. The van der Waals surface area contributed by atoms with Crippen molar-refractivity contribution in [2.24, 2.45) is 0 Å². The molecule has 0 saturated carbocycles. The van der Waals surface area contributed by atoms with Gasteiger partial charge in [-0.25, -0.2) is 0 Å². The number of benzene rings is 2. The lowest BCUT2D eigenvalue weighted by Gasteiger charge is -2.06. The van der Waals surface area contributed by atoms with Crippen LogP contribution in [0.3, 0.4) is 0 Å². The monoisotopic (exact) mass is 251 g/mol. The second-order valence-corrected chi connectivity index (χ2v) is 5.03. The summed E-state index contributed by atoms with van der Waals surface area (Å²) < 4.78 is 0. The molecule has 0 fully saturated rings. The Morgan fingerprint density at radius 1 is 1.06 bits per heavy atom. The molecule has 1 nitrogen and oxygen atoms in total. The van der Waals surface area contributed by atoms with Gasteiger partial charge >= 0.3 is 0 Å². The summed E-state index contributed by atoms with van der Waals surface area (Å²) in [5.74, 6) is 0. The molecular formula is C16H13NS. The summed E-state index contributed by atoms with van der Waals surface area (Å²) in [5.41, 5.74) is 2.30. The molecule has 18 heavy (non-hydrogen) atoms. The van der Waals surface area contributed by atoms with Crippen LogP contribution in [0.2, 0.25) is 0 Å². The summed E-state index contributed by atoms with van der Waals surface area (Å²) in [6.45, 7) is 2.06. The molecule has 0 aromatic heterocycles. The largest absolute Gasteiger partial charge is 0.193 e. The van der Waals surface area contributed by atoms with Crippen molar-refractivity contribution in [3.63, 3.8) is 0 Å².